The maximum Gasteiger partial charge on any atom is 0.0464 e. The minimum atomic E-state index is -1.61. The molecule has 3 heteroatoms. The third-order valence-electron chi connectivity index (χ3n) is 0. The molecular formula is C2H6B2Si. The minimum Gasteiger partial charge on any atom is -0.0825 e. The SMILES string of the molecule is [B][Si]([B])(C)C. The van der Waals surface area contributed by atoms with Gasteiger partial charge in [0.15, 0.2) is 0 Å². The van der Waals surface area contributed by atoms with Gasteiger partial charge in [-0.05, 0) is 7.81 Å². The topological polar surface area (TPSA) is 0 Å². The summed E-state index contributed by atoms with van der Waals surface area (Å²) >= 11 is 0. The molecule has 0 bridgehead atoms. The predicted molar refractivity (Wildman–Crippen MR) is 29.0 cm³/mol. The molecule has 0 heterocycles. The highest BCUT2D eigenvalue weighted by molar-refractivity contribution is 7.40. The lowest BCUT2D eigenvalue weighted by Crippen LogP contribution is -2.26. The van der Waals surface area contributed by atoms with Gasteiger partial charge in [-0.3, -0.25) is 0 Å². The molecule has 0 spiro atoms. The van der Waals surface area contributed by atoms with Gasteiger partial charge in [0.1, 0.15) is 0 Å². The molecule has 0 aliphatic rings. The van der Waals surface area contributed by atoms with Crippen molar-refractivity contribution in [2.24, 2.45) is 0 Å². The zero-order valence-corrected chi connectivity index (χ0v) is 4.65. The van der Waals surface area contributed by atoms with Gasteiger partial charge in [0.2, 0.25) is 0 Å². The van der Waals surface area contributed by atoms with E-state index in [0.29, 0.717) is 0 Å². The van der Waals surface area contributed by atoms with Gasteiger partial charge in [-0.25, -0.2) is 0 Å². The average Bonchev–Trinajstić information content (AvgIpc) is 0.722. The van der Waals surface area contributed by atoms with E-state index in [4.69, 9.17) is 14.9 Å². The van der Waals surface area contributed by atoms with E-state index >= 15 is 0 Å². The predicted octanol–water partition coefficient (Wildman–Crippen LogP) is 0.0252. The lowest BCUT2D eigenvalue weighted by molar-refractivity contribution is 2.06. The fraction of sp³-hybridized carbons (Fsp3) is 1.00. The number of rotatable bonds is 0. The maximum absolute atomic E-state index is 5.27. The van der Waals surface area contributed by atoms with Gasteiger partial charge in [-0.2, -0.15) is 0 Å². The Bertz CT molecular complexity index is 23.1. The lowest BCUT2D eigenvalue weighted by Gasteiger charge is -2.03. The van der Waals surface area contributed by atoms with Crippen LogP contribution in [0, 0.1) is 0 Å². The Morgan fingerprint density at radius 1 is 1.20 bits per heavy atom. The molecule has 0 nitrogen and oxygen atoms in total. The van der Waals surface area contributed by atoms with Crippen molar-refractivity contribution in [1.82, 2.24) is 0 Å². The smallest absolute Gasteiger partial charge is 0.0464 e. The molecule has 0 fully saturated rings. The Labute approximate surface area is 36.7 Å². The first-order chi connectivity index (χ1) is 2.00. The van der Waals surface area contributed by atoms with Crippen LogP contribution in [0.15, 0.2) is 0 Å². The van der Waals surface area contributed by atoms with Gasteiger partial charge in [0, 0.05) is 14.9 Å². The Kier molecular flexibility index (Phi) is 1.29. The molecule has 0 atom stereocenters. The second-order valence-electron chi connectivity index (χ2n) is 1.82. The molecule has 0 N–H and O–H groups in total. The second-order valence-corrected chi connectivity index (χ2v) is 5.46. The molecule has 0 rings (SSSR count). The van der Waals surface area contributed by atoms with Crippen molar-refractivity contribution in [3.8, 4) is 0 Å². The van der Waals surface area contributed by atoms with Crippen molar-refractivity contribution in [1.29, 1.82) is 0 Å². The zero-order chi connectivity index (χ0) is 4.50. The summed E-state index contributed by atoms with van der Waals surface area (Å²) in [5.41, 5.74) is 0. The lowest BCUT2D eigenvalue weighted by atomic mass is 10.7. The van der Waals surface area contributed by atoms with E-state index in [2.05, 4.69) is 0 Å². The van der Waals surface area contributed by atoms with Crippen LogP contribution in [0.1, 0.15) is 0 Å². The normalized spacial score (nSPS) is 11.6. The number of hydrogen-bond acceptors (Lipinski definition) is 0. The summed E-state index contributed by atoms with van der Waals surface area (Å²) in [5, 5.41) is 0. The van der Waals surface area contributed by atoms with Crippen molar-refractivity contribution >= 4 is 22.7 Å². The molecule has 0 aromatic rings. The summed E-state index contributed by atoms with van der Waals surface area (Å²) in [4.78, 5) is 0. The average molecular weight is 79.8 g/mol. The molecule has 5 heavy (non-hydrogen) atoms. The van der Waals surface area contributed by atoms with Gasteiger partial charge in [0.25, 0.3) is 0 Å². The van der Waals surface area contributed by atoms with Crippen LogP contribution in [-0.4, -0.2) is 22.7 Å². The monoisotopic (exact) mass is 80.0 g/mol. The summed E-state index contributed by atoms with van der Waals surface area (Å²) in [6.45, 7) is 3.76. The van der Waals surface area contributed by atoms with E-state index in [-0.39, 0.29) is 0 Å². The first kappa shape index (κ1) is 5.35. The molecule has 0 unspecified atom stereocenters. The largest absolute Gasteiger partial charge is 0.0825 e. The first-order valence-electron chi connectivity index (χ1n) is 1.58. The highest BCUT2D eigenvalue weighted by atomic mass is 28.3. The molecule has 0 aromatic heterocycles. The highest BCUT2D eigenvalue weighted by Gasteiger charge is 1.97. The molecule has 0 saturated heterocycles. The third-order valence-corrected chi connectivity index (χ3v) is 0. The van der Waals surface area contributed by atoms with E-state index in [0.717, 1.165) is 0 Å². The first-order valence-corrected chi connectivity index (χ1v) is 4.73. The fourth-order valence-electron chi connectivity index (χ4n) is 0. The molecule has 4 radical (unpaired) electrons. The van der Waals surface area contributed by atoms with Crippen LogP contribution in [0.2, 0.25) is 13.1 Å². The second kappa shape index (κ2) is 1.21. The van der Waals surface area contributed by atoms with Crippen molar-refractivity contribution in [2.45, 2.75) is 13.1 Å². The van der Waals surface area contributed by atoms with Gasteiger partial charge in [-0.1, -0.05) is 13.1 Å². The minimum absolute atomic E-state index is 1.61. The van der Waals surface area contributed by atoms with E-state index < -0.39 is 7.81 Å². The molecule has 0 amide bonds. The van der Waals surface area contributed by atoms with E-state index in [1.54, 1.807) is 0 Å². The molecule has 0 saturated carbocycles. The third kappa shape index (κ3) is 199. The van der Waals surface area contributed by atoms with Gasteiger partial charge in [-0.15, -0.1) is 0 Å². The Morgan fingerprint density at radius 2 is 1.20 bits per heavy atom. The van der Waals surface area contributed by atoms with Crippen LogP contribution in [-0.2, 0) is 0 Å². The Balaban J connectivity index is 3.02. The van der Waals surface area contributed by atoms with Crippen molar-refractivity contribution in [3.63, 3.8) is 0 Å². The quantitative estimate of drug-likeness (QED) is 0.360. The molecule has 0 aliphatic carbocycles. The maximum atomic E-state index is 5.27. The Hall–Kier alpha value is 0.347. The zero-order valence-electron chi connectivity index (χ0n) is 3.65. The van der Waals surface area contributed by atoms with Gasteiger partial charge < -0.3 is 0 Å². The molecule has 0 aliphatic heterocycles. The summed E-state index contributed by atoms with van der Waals surface area (Å²) in [5.74, 6) is 0. The van der Waals surface area contributed by atoms with Crippen molar-refractivity contribution < 1.29 is 0 Å². The van der Waals surface area contributed by atoms with E-state index in [1.807, 2.05) is 13.1 Å². The van der Waals surface area contributed by atoms with Crippen molar-refractivity contribution in [2.75, 3.05) is 0 Å². The van der Waals surface area contributed by atoms with E-state index in [9.17, 15) is 0 Å². The molecular weight excluding hydrogens is 73.7 g/mol. The van der Waals surface area contributed by atoms with Crippen LogP contribution < -0.4 is 0 Å². The molecule has 0 aromatic carbocycles. The summed E-state index contributed by atoms with van der Waals surface area (Å²) in [7, 11) is 8.93. The number of hydrogen-bond donors (Lipinski definition) is 0. The Morgan fingerprint density at radius 3 is 1.20 bits per heavy atom. The standard InChI is InChI=1S/C2H6B2Si/c1-5(2,3)4/h1-2H3. The van der Waals surface area contributed by atoms with Crippen LogP contribution >= 0.6 is 0 Å². The molecule has 24 valence electrons. The van der Waals surface area contributed by atoms with Gasteiger partial charge >= 0.3 is 0 Å². The summed E-state index contributed by atoms with van der Waals surface area (Å²) in [6.07, 6.45) is 0. The van der Waals surface area contributed by atoms with Crippen LogP contribution in [0.25, 0.3) is 0 Å². The van der Waals surface area contributed by atoms with Crippen LogP contribution in [0.3, 0.4) is 0 Å². The fourth-order valence-corrected chi connectivity index (χ4v) is 0. The summed E-state index contributed by atoms with van der Waals surface area (Å²) < 4.78 is 0. The summed E-state index contributed by atoms with van der Waals surface area (Å²) in [6, 6.07) is 0. The van der Waals surface area contributed by atoms with Gasteiger partial charge in [0.05, 0.1) is 0 Å². The van der Waals surface area contributed by atoms with E-state index in [1.165, 1.54) is 0 Å². The highest BCUT2D eigenvalue weighted by Crippen LogP contribution is 1.80. The van der Waals surface area contributed by atoms with Crippen LogP contribution in [0.4, 0.5) is 0 Å². The van der Waals surface area contributed by atoms with Crippen LogP contribution in [0.5, 0.6) is 0 Å². The van der Waals surface area contributed by atoms with Crippen molar-refractivity contribution in [3.05, 3.63) is 0 Å².